The van der Waals surface area contributed by atoms with Gasteiger partial charge < -0.3 is 9.47 Å². The molecule has 1 heterocycles. The van der Waals surface area contributed by atoms with Crippen LogP contribution in [0.3, 0.4) is 0 Å². The molecule has 0 aromatic carbocycles. The highest BCUT2D eigenvalue weighted by Gasteiger charge is 2.29. The first-order valence-electron chi connectivity index (χ1n) is 4.77. The second-order valence-corrected chi connectivity index (χ2v) is 3.22. The molecule has 0 spiro atoms. The van der Waals surface area contributed by atoms with Gasteiger partial charge in [0.1, 0.15) is 6.61 Å². The van der Waals surface area contributed by atoms with E-state index in [2.05, 4.69) is 6.92 Å². The molecule has 4 heteroatoms. The molecule has 0 saturated carbocycles. The van der Waals surface area contributed by atoms with Crippen LogP contribution in [0.5, 0.6) is 0 Å². The first-order valence-corrected chi connectivity index (χ1v) is 4.77. The minimum absolute atomic E-state index is 0.177. The van der Waals surface area contributed by atoms with Crippen molar-refractivity contribution in [3.8, 4) is 0 Å². The number of hydrogen-bond acceptors (Lipinski definition) is 3. The molecule has 1 rings (SSSR count). The van der Waals surface area contributed by atoms with Crippen molar-refractivity contribution >= 4 is 6.09 Å². The summed E-state index contributed by atoms with van der Waals surface area (Å²) >= 11 is 0. The molecule has 0 radical (unpaired) electrons. The molecule has 0 aliphatic carbocycles. The largest absolute Gasteiger partial charge is 0.445 e. The maximum Gasteiger partial charge on any atom is 0.411 e. The van der Waals surface area contributed by atoms with E-state index in [-0.39, 0.29) is 12.3 Å². The van der Waals surface area contributed by atoms with Gasteiger partial charge in [0.05, 0.1) is 0 Å². The first-order chi connectivity index (χ1) is 6.25. The van der Waals surface area contributed by atoms with E-state index in [4.69, 9.17) is 9.47 Å². The molecule has 1 fully saturated rings. The number of likely N-dealkylation sites (N-methyl/N-ethyl adjacent to an activating group) is 1. The van der Waals surface area contributed by atoms with Crippen LogP contribution in [0.2, 0.25) is 0 Å². The monoisotopic (exact) mass is 187 g/mol. The molecule has 76 valence electrons. The molecule has 0 aromatic heterocycles. The fourth-order valence-corrected chi connectivity index (χ4v) is 1.21. The third-order valence-corrected chi connectivity index (χ3v) is 2.13. The van der Waals surface area contributed by atoms with E-state index in [0.717, 1.165) is 6.42 Å². The highest BCUT2D eigenvalue weighted by Crippen LogP contribution is 2.11. The van der Waals surface area contributed by atoms with E-state index in [9.17, 15) is 4.79 Å². The quantitative estimate of drug-likeness (QED) is 0.614. The average molecular weight is 187 g/mol. The lowest BCUT2D eigenvalue weighted by Gasteiger charge is -2.16. The van der Waals surface area contributed by atoms with E-state index in [1.165, 1.54) is 17.7 Å². The maximum atomic E-state index is 10.9. The van der Waals surface area contributed by atoms with Crippen LogP contribution in [0.1, 0.15) is 26.2 Å². The van der Waals surface area contributed by atoms with Crippen LogP contribution in [0, 0.1) is 0 Å². The molecule has 0 bridgehead atoms. The zero-order valence-electron chi connectivity index (χ0n) is 8.28. The topological polar surface area (TPSA) is 38.8 Å². The summed E-state index contributed by atoms with van der Waals surface area (Å²) in [5, 5.41) is 0. The van der Waals surface area contributed by atoms with Crippen molar-refractivity contribution in [2.45, 2.75) is 32.4 Å². The van der Waals surface area contributed by atoms with E-state index in [1.807, 2.05) is 0 Å². The van der Waals surface area contributed by atoms with Crippen LogP contribution in [-0.4, -0.2) is 37.5 Å². The van der Waals surface area contributed by atoms with Crippen molar-refractivity contribution < 1.29 is 14.3 Å². The van der Waals surface area contributed by atoms with Gasteiger partial charge in [-0.1, -0.05) is 19.8 Å². The zero-order chi connectivity index (χ0) is 9.68. The lowest BCUT2D eigenvalue weighted by molar-refractivity contribution is -0.0129. The SMILES string of the molecule is CCCCCOC1COC(=O)N1C. The fraction of sp³-hybridized carbons (Fsp3) is 0.889. The lowest BCUT2D eigenvalue weighted by Crippen LogP contribution is -2.31. The maximum absolute atomic E-state index is 10.9. The Labute approximate surface area is 78.8 Å². The van der Waals surface area contributed by atoms with Crippen molar-refractivity contribution in [3.05, 3.63) is 0 Å². The van der Waals surface area contributed by atoms with Crippen LogP contribution >= 0.6 is 0 Å². The number of rotatable bonds is 5. The number of cyclic esters (lactones) is 1. The predicted molar refractivity (Wildman–Crippen MR) is 48.4 cm³/mol. The molecule has 1 saturated heterocycles. The Morgan fingerprint density at radius 3 is 2.92 bits per heavy atom. The lowest BCUT2D eigenvalue weighted by atomic mass is 10.3. The Morgan fingerprint density at radius 1 is 1.62 bits per heavy atom. The summed E-state index contributed by atoms with van der Waals surface area (Å²) in [6.07, 6.45) is 2.93. The first kappa shape index (κ1) is 10.3. The molecular formula is C9H17NO3. The highest BCUT2D eigenvalue weighted by molar-refractivity contribution is 5.69. The summed E-state index contributed by atoms with van der Waals surface area (Å²) in [4.78, 5) is 12.4. The van der Waals surface area contributed by atoms with E-state index >= 15 is 0 Å². The Kier molecular flexibility index (Phi) is 4.02. The minimum Gasteiger partial charge on any atom is -0.445 e. The van der Waals surface area contributed by atoms with Crippen molar-refractivity contribution in [1.82, 2.24) is 4.90 Å². The second kappa shape index (κ2) is 5.07. The number of carbonyl (C=O) groups excluding carboxylic acids is 1. The Morgan fingerprint density at radius 2 is 2.38 bits per heavy atom. The molecule has 1 aliphatic heterocycles. The predicted octanol–water partition coefficient (Wildman–Crippen LogP) is 1.60. The van der Waals surface area contributed by atoms with Gasteiger partial charge in [0, 0.05) is 13.7 Å². The highest BCUT2D eigenvalue weighted by atomic mass is 16.6. The number of amides is 1. The Hall–Kier alpha value is -0.770. The Bertz CT molecular complexity index is 172. The summed E-state index contributed by atoms with van der Waals surface area (Å²) < 4.78 is 10.3. The van der Waals surface area contributed by atoms with Crippen molar-refractivity contribution in [2.75, 3.05) is 20.3 Å². The molecular weight excluding hydrogens is 170 g/mol. The van der Waals surface area contributed by atoms with E-state index < -0.39 is 0 Å². The summed E-state index contributed by atoms with van der Waals surface area (Å²) in [6.45, 7) is 3.22. The number of carbonyl (C=O) groups is 1. The molecule has 1 atom stereocenters. The number of ether oxygens (including phenoxy) is 2. The molecule has 0 aromatic rings. The number of hydrogen-bond donors (Lipinski definition) is 0. The third kappa shape index (κ3) is 2.88. The van der Waals surface area contributed by atoms with Gasteiger partial charge in [-0.15, -0.1) is 0 Å². The smallest absolute Gasteiger partial charge is 0.411 e. The summed E-state index contributed by atoms with van der Waals surface area (Å²) in [5.41, 5.74) is 0. The van der Waals surface area contributed by atoms with Crippen LogP contribution in [0.15, 0.2) is 0 Å². The van der Waals surface area contributed by atoms with Crippen molar-refractivity contribution in [3.63, 3.8) is 0 Å². The summed E-state index contributed by atoms with van der Waals surface area (Å²) in [5.74, 6) is 0. The minimum atomic E-state index is -0.291. The molecule has 1 amide bonds. The van der Waals surface area contributed by atoms with Gasteiger partial charge in [-0.25, -0.2) is 4.79 Å². The summed E-state index contributed by atoms with van der Waals surface area (Å²) in [7, 11) is 1.69. The fourth-order valence-electron chi connectivity index (χ4n) is 1.21. The van der Waals surface area contributed by atoms with E-state index in [1.54, 1.807) is 7.05 Å². The average Bonchev–Trinajstić information content (AvgIpc) is 2.43. The van der Waals surface area contributed by atoms with Crippen LogP contribution in [0.25, 0.3) is 0 Å². The second-order valence-electron chi connectivity index (χ2n) is 3.22. The van der Waals surface area contributed by atoms with E-state index in [0.29, 0.717) is 13.2 Å². The van der Waals surface area contributed by atoms with Gasteiger partial charge in [0.2, 0.25) is 0 Å². The van der Waals surface area contributed by atoms with Crippen molar-refractivity contribution in [2.24, 2.45) is 0 Å². The van der Waals surface area contributed by atoms with Gasteiger partial charge in [0.15, 0.2) is 6.23 Å². The molecule has 1 aliphatic rings. The number of unbranched alkanes of at least 4 members (excludes halogenated alkanes) is 2. The third-order valence-electron chi connectivity index (χ3n) is 2.13. The molecule has 4 nitrogen and oxygen atoms in total. The molecule has 13 heavy (non-hydrogen) atoms. The van der Waals surface area contributed by atoms with Gasteiger partial charge >= 0.3 is 6.09 Å². The van der Waals surface area contributed by atoms with Gasteiger partial charge in [-0.05, 0) is 6.42 Å². The van der Waals surface area contributed by atoms with Crippen LogP contribution < -0.4 is 0 Å². The van der Waals surface area contributed by atoms with Crippen molar-refractivity contribution in [1.29, 1.82) is 0 Å². The van der Waals surface area contributed by atoms with Crippen LogP contribution in [0.4, 0.5) is 4.79 Å². The summed E-state index contributed by atoms with van der Waals surface area (Å²) in [6, 6.07) is 0. The Balaban J connectivity index is 2.11. The van der Waals surface area contributed by atoms with Gasteiger partial charge in [-0.3, -0.25) is 4.90 Å². The van der Waals surface area contributed by atoms with Crippen LogP contribution in [-0.2, 0) is 9.47 Å². The van der Waals surface area contributed by atoms with Gasteiger partial charge in [-0.2, -0.15) is 0 Å². The standard InChI is InChI=1S/C9H17NO3/c1-3-4-5-6-12-8-7-13-9(11)10(8)2/h8H,3-7H2,1-2H3. The van der Waals surface area contributed by atoms with Gasteiger partial charge in [0.25, 0.3) is 0 Å². The normalized spacial score (nSPS) is 22.2. The number of nitrogens with zero attached hydrogens (tertiary/aromatic N) is 1. The molecule has 0 N–H and O–H groups in total. The zero-order valence-corrected chi connectivity index (χ0v) is 8.28. The molecule has 1 unspecified atom stereocenters.